The second-order valence-corrected chi connectivity index (χ2v) is 6.33. The van der Waals surface area contributed by atoms with Gasteiger partial charge in [0, 0.05) is 10.9 Å². The van der Waals surface area contributed by atoms with Gasteiger partial charge in [0.15, 0.2) is 5.65 Å². The molecule has 146 valence electrons. The van der Waals surface area contributed by atoms with E-state index >= 15 is 0 Å². The molecule has 0 saturated heterocycles. The van der Waals surface area contributed by atoms with E-state index < -0.39 is 12.0 Å². The third-order valence-electron chi connectivity index (χ3n) is 4.45. The number of anilines is 1. The molecule has 1 unspecified atom stereocenters. The molecule has 0 bridgehead atoms. The molecular weight excluding hydrogens is 375 g/mol. The Labute approximate surface area is 157 Å². The third-order valence-corrected chi connectivity index (χ3v) is 4.45. The van der Waals surface area contributed by atoms with Crippen molar-refractivity contribution in [2.45, 2.75) is 26.1 Å². The van der Waals surface area contributed by atoms with Crippen molar-refractivity contribution in [1.29, 1.82) is 0 Å². The molecular formula is C18H16F3N5O2. The number of hydrogen-bond acceptors (Lipinski definition) is 6. The molecule has 3 aromatic heterocycles. The van der Waals surface area contributed by atoms with Gasteiger partial charge < -0.3 is 14.5 Å². The number of benzene rings is 1. The fourth-order valence-corrected chi connectivity index (χ4v) is 3.09. The number of methoxy groups -OCH3 is 1. The van der Waals surface area contributed by atoms with Gasteiger partial charge in [0.05, 0.1) is 13.2 Å². The van der Waals surface area contributed by atoms with Crippen molar-refractivity contribution in [1.82, 2.24) is 19.8 Å². The van der Waals surface area contributed by atoms with Gasteiger partial charge in [0.2, 0.25) is 0 Å². The lowest BCUT2D eigenvalue weighted by atomic mass is 10.1. The van der Waals surface area contributed by atoms with Gasteiger partial charge in [0.25, 0.3) is 5.82 Å². The van der Waals surface area contributed by atoms with Gasteiger partial charge in [-0.1, -0.05) is 0 Å². The highest BCUT2D eigenvalue weighted by atomic mass is 19.4. The zero-order valence-corrected chi connectivity index (χ0v) is 15.2. The van der Waals surface area contributed by atoms with Crippen LogP contribution in [-0.4, -0.2) is 26.9 Å². The molecule has 1 aromatic carbocycles. The Morgan fingerprint density at radius 2 is 1.96 bits per heavy atom. The van der Waals surface area contributed by atoms with Crippen molar-refractivity contribution >= 4 is 22.4 Å². The summed E-state index contributed by atoms with van der Waals surface area (Å²) in [5.41, 5.74) is 1.62. The number of aromatic nitrogens is 4. The van der Waals surface area contributed by atoms with E-state index in [0.717, 1.165) is 10.9 Å². The van der Waals surface area contributed by atoms with Crippen LogP contribution in [0.3, 0.4) is 0 Å². The predicted octanol–water partition coefficient (Wildman–Crippen LogP) is 4.38. The number of alkyl halides is 3. The summed E-state index contributed by atoms with van der Waals surface area (Å²) in [6.07, 6.45) is -4.65. The number of hydrogen-bond donors (Lipinski definition) is 1. The molecule has 0 aliphatic carbocycles. The summed E-state index contributed by atoms with van der Waals surface area (Å²) in [6.45, 7) is 3.75. The molecule has 1 N–H and O–H groups in total. The first kappa shape index (κ1) is 18.1. The molecule has 3 heterocycles. The number of rotatable bonds is 4. The molecule has 0 amide bonds. The molecule has 0 saturated carbocycles. The zero-order valence-electron chi connectivity index (χ0n) is 15.2. The quantitative estimate of drug-likeness (QED) is 0.556. The maximum Gasteiger partial charge on any atom is 0.453 e. The maximum absolute atomic E-state index is 13.0. The Morgan fingerprint density at radius 3 is 2.68 bits per heavy atom. The van der Waals surface area contributed by atoms with Crippen molar-refractivity contribution in [3.8, 4) is 5.75 Å². The molecule has 4 aromatic rings. The van der Waals surface area contributed by atoms with Gasteiger partial charge in [0.1, 0.15) is 22.9 Å². The molecule has 0 radical (unpaired) electrons. The zero-order chi connectivity index (χ0) is 20.1. The summed E-state index contributed by atoms with van der Waals surface area (Å²) >= 11 is 0. The minimum atomic E-state index is -4.65. The van der Waals surface area contributed by atoms with Crippen LogP contribution >= 0.6 is 0 Å². The van der Waals surface area contributed by atoms with E-state index in [1.807, 2.05) is 26.0 Å². The van der Waals surface area contributed by atoms with Crippen LogP contribution < -0.4 is 10.1 Å². The van der Waals surface area contributed by atoms with Gasteiger partial charge in [-0.25, -0.2) is 0 Å². The number of furan rings is 1. The summed E-state index contributed by atoms with van der Waals surface area (Å²) in [5.74, 6) is 0.432. The van der Waals surface area contributed by atoms with Gasteiger partial charge in [-0.2, -0.15) is 17.7 Å². The Morgan fingerprint density at radius 1 is 1.18 bits per heavy atom. The number of halogens is 3. The highest BCUT2D eigenvalue weighted by Crippen LogP contribution is 2.33. The highest BCUT2D eigenvalue weighted by Gasteiger charge is 2.37. The molecule has 0 fully saturated rings. The van der Waals surface area contributed by atoms with E-state index in [-0.39, 0.29) is 17.5 Å². The molecule has 4 rings (SSSR count). The Hall–Kier alpha value is -3.30. The second-order valence-electron chi connectivity index (χ2n) is 6.33. The molecule has 0 aliphatic rings. The second kappa shape index (κ2) is 6.39. The fourth-order valence-electron chi connectivity index (χ4n) is 3.09. The first-order valence-corrected chi connectivity index (χ1v) is 8.41. The van der Waals surface area contributed by atoms with Crippen LogP contribution in [0.25, 0.3) is 16.6 Å². The van der Waals surface area contributed by atoms with Crippen molar-refractivity contribution in [3.05, 3.63) is 47.5 Å². The van der Waals surface area contributed by atoms with Crippen LogP contribution in [-0.2, 0) is 6.18 Å². The van der Waals surface area contributed by atoms with Crippen molar-refractivity contribution in [2.24, 2.45) is 0 Å². The summed E-state index contributed by atoms with van der Waals surface area (Å²) in [4.78, 5) is 0. The number of nitrogens with one attached hydrogen (secondary N) is 1. The fraction of sp³-hybridized carbons (Fsp3) is 0.278. The smallest absolute Gasteiger partial charge is 0.453 e. The van der Waals surface area contributed by atoms with Crippen LogP contribution in [0.5, 0.6) is 5.75 Å². The van der Waals surface area contributed by atoms with Crippen LogP contribution in [0.4, 0.5) is 19.0 Å². The lowest BCUT2D eigenvalue weighted by molar-refractivity contribution is -0.146. The van der Waals surface area contributed by atoms with Gasteiger partial charge in [-0.15, -0.1) is 15.3 Å². The third kappa shape index (κ3) is 3.00. The summed E-state index contributed by atoms with van der Waals surface area (Å²) in [6, 6.07) is 8.11. The minimum Gasteiger partial charge on any atom is -0.497 e. The monoisotopic (exact) mass is 391 g/mol. The average molecular weight is 391 g/mol. The number of fused-ring (bicyclic) bond motifs is 2. The summed E-state index contributed by atoms with van der Waals surface area (Å²) < 4.78 is 50.9. The Balaban J connectivity index is 1.67. The SMILES string of the molecule is COc1ccc2oc(C(C)Nc3ccc4nnc(C(F)(F)F)n4n3)c(C)c2c1. The van der Waals surface area contributed by atoms with Gasteiger partial charge in [-0.05, 0) is 44.2 Å². The van der Waals surface area contributed by atoms with E-state index in [1.165, 1.54) is 6.07 Å². The van der Waals surface area contributed by atoms with E-state index in [2.05, 4.69) is 20.6 Å². The van der Waals surface area contributed by atoms with Crippen molar-refractivity contribution < 1.29 is 22.3 Å². The van der Waals surface area contributed by atoms with E-state index in [0.29, 0.717) is 21.6 Å². The number of aryl methyl sites for hydroxylation is 1. The molecule has 0 spiro atoms. The number of ether oxygens (including phenoxy) is 1. The topological polar surface area (TPSA) is 77.5 Å². The number of nitrogens with zero attached hydrogens (tertiary/aromatic N) is 4. The van der Waals surface area contributed by atoms with Crippen molar-refractivity contribution in [2.75, 3.05) is 12.4 Å². The van der Waals surface area contributed by atoms with Gasteiger partial charge in [-0.3, -0.25) is 0 Å². The molecule has 28 heavy (non-hydrogen) atoms. The lowest BCUT2D eigenvalue weighted by Crippen LogP contribution is -2.14. The van der Waals surface area contributed by atoms with Gasteiger partial charge >= 0.3 is 6.18 Å². The highest BCUT2D eigenvalue weighted by molar-refractivity contribution is 5.83. The lowest BCUT2D eigenvalue weighted by Gasteiger charge is -2.13. The standard InChI is InChI=1S/C18H16F3N5O2/c1-9-12-8-11(27-3)4-5-13(12)28-16(9)10(2)22-14-6-7-15-23-24-17(18(19,20)21)26(15)25-14/h4-8,10H,1-3H3,(H,22,25). The van der Waals surface area contributed by atoms with Crippen molar-refractivity contribution in [3.63, 3.8) is 0 Å². The van der Waals surface area contributed by atoms with E-state index in [4.69, 9.17) is 9.15 Å². The predicted molar refractivity (Wildman–Crippen MR) is 95.3 cm³/mol. The Bertz CT molecular complexity index is 1170. The van der Waals surface area contributed by atoms with Crippen LogP contribution in [0.2, 0.25) is 0 Å². The first-order valence-electron chi connectivity index (χ1n) is 8.41. The van der Waals surface area contributed by atoms with E-state index in [1.54, 1.807) is 19.2 Å². The molecule has 0 aliphatic heterocycles. The van der Waals surface area contributed by atoms with E-state index in [9.17, 15) is 13.2 Å². The summed E-state index contributed by atoms with van der Waals surface area (Å²) in [7, 11) is 1.59. The molecule has 1 atom stereocenters. The maximum atomic E-state index is 13.0. The first-order chi connectivity index (χ1) is 13.3. The Kier molecular flexibility index (Phi) is 4.13. The average Bonchev–Trinajstić information content (AvgIpc) is 3.22. The normalized spacial score (nSPS) is 13.2. The van der Waals surface area contributed by atoms with Crippen LogP contribution in [0.15, 0.2) is 34.7 Å². The largest absolute Gasteiger partial charge is 0.497 e. The van der Waals surface area contributed by atoms with Crippen LogP contribution in [0, 0.1) is 6.92 Å². The summed E-state index contributed by atoms with van der Waals surface area (Å²) in [5, 5.41) is 14.6. The molecule has 10 heteroatoms. The molecule has 7 nitrogen and oxygen atoms in total. The minimum absolute atomic E-state index is 0.0116. The van der Waals surface area contributed by atoms with Crippen LogP contribution in [0.1, 0.15) is 30.1 Å².